The average Bonchev–Trinajstić information content (AvgIpc) is 2.51. The van der Waals surface area contributed by atoms with E-state index in [4.69, 9.17) is 4.74 Å². The van der Waals surface area contributed by atoms with Crippen LogP contribution in [0.3, 0.4) is 0 Å². The number of nitrogens with zero attached hydrogens (tertiary/aromatic N) is 1. The number of hydrogen-bond acceptors (Lipinski definition) is 2. The van der Waals surface area contributed by atoms with E-state index in [1.807, 2.05) is 18.2 Å². The molecule has 0 aromatic heterocycles. The van der Waals surface area contributed by atoms with Crippen LogP contribution in [0.2, 0.25) is 0 Å². The molecule has 2 nitrogen and oxygen atoms in total. The number of benzene rings is 2. The van der Waals surface area contributed by atoms with Crippen molar-refractivity contribution in [2.75, 3.05) is 6.61 Å². The third-order valence-electron chi connectivity index (χ3n) is 3.79. The summed E-state index contributed by atoms with van der Waals surface area (Å²) in [7, 11) is 0. The van der Waals surface area contributed by atoms with E-state index < -0.39 is 0 Å². The van der Waals surface area contributed by atoms with Crippen molar-refractivity contribution in [1.82, 2.24) is 0 Å². The van der Waals surface area contributed by atoms with E-state index >= 15 is 0 Å². The molecular weight excluding hydrogens is 277 g/mol. The van der Waals surface area contributed by atoms with Crippen molar-refractivity contribution in [3.05, 3.63) is 65.0 Å². The molecule has 1 unspecified atom stereocenters. The Labute approximate surface area is 131 Å². The largest absolute Gasteiger partial charge is 0.494 e. The quantitative estimate of drug-likeness (QED) is 0.710. The van der Waals surface area contributed by atoms with Crippen LogP contribution in [0, 0.1) is 31.0 Å². The second-order valence-corrected chi connectivity index (χ2v) is 5.47. The van der Waals surface area contributed by atoms with Gasteiger partial charge in [0, 0.05) is 0 Å². The van der Waals surface area contributed by atoms with Crippen LogP contribution in [0.5, 0.6) is 5.75 Å². The van der Waals surface area contributed by atoms with Crippen molar-refractivity contribution < 1.29 is 9.13 Å². The number of nitriles is 1. The molecule has 0 N–H and O–H groups in total. The smallest absolute Gasteiger partial charge is 0.123 e. The fraction of sp³-hybridized carbons (Fsp3) is 0.316. The number of rotatable bonds is 6. The van der Waals surface area contributed by atoms with Gasteiger partial charge in [0.05, 0.1) is 18.6 Å². The second kappa shape index (κ2) is 7.61. The molecule has 0 saturated carbocycles. The van der Waals surface area contributed by atoms with Crippen molar-refractivity contribution in [2.24, 2.45) is 0 Å². The van der Waals surface area contributed by atoms with Crippen LogP contribution in [-0.4, -0.2) is 6.61 Å². The number of aryl methyl sites for hydroxylation is 2. The second-order valence-electron chi connectivity index (χ2n) is 5.47. The van der Waals surface area contributed by atoms with E-state index in [1.54, 1.807) is 12.1 Å². The van der Waals surface area contributed by atoms with Gasteiger partial charge in [0.15, 0.2) is 0 Å². The lowest BCUT2D eigenvalue weighted by molar-refractivity contribution is 0.304. The van der Waals surface area contributed by atoms with Gasteiger partial charge < -0.3 is 4.74 Å². The third-order valence-corrected chi connectivity index (χ3v) is 3.79. The maximum Gasteiger partial charge on any atom is 0.123 e. The zero-order valence-electron chi connectivity index (χ0n) is 13.0. The summed E-state index contributed by atoms with van der Waals surface area (Å²) in [5.41, 5.74) is 3.17. The molecule has 0 aliphatic heterocycles. The van der Waals surface area contributed by atoms with Crippen molar-refractivity contribution in [3.8, 4) is 11.8 Å². The van der Waals surface area contributed by atoms with Gasteiger partial charge in [-0.2, -0.15) is 5.26 Å². The fourth-order valence-corrected chi connectivity index (χ4v) is 2.31. The Morgan fingerprint density at radius 2 is 1.95 bits per heavy atom. The van der Waals surface area contributed by atoms with Gasteiger partial charge in [-0.05, 0) is 67.6 Å². The maximum absolute atomic E-state index is 13.2. The minimum absolute atomic E-state index is 0.293. The lowest BCUT2D eigenvalue weighted by Crippen LogP contribution is -2.02. The first-order valence-electron chi connectivity index (χ1n) is 7.45. The Morgan fingerprint density at radius 3 is 2.64 bits per heavy atom. The Kier molecular flexibility index (Phi) is 5.55. The van der Waals surface area contributed by atoms with Crippen LogP contribution in [-0.2, 0) is 0 Å². The number of hydrogen-bond donors (Lipinski definition) is 0. The summed E-state index contributed by atoms with van der Waals surface area (Å²) in [5.74, 6) is 0.255. The van der Waals surface area contributed by atoms with Gasteiger partial charge in [-0.3, -0.25) is 0 Å². The highest BCUT2D eigenvalue weighted by molar-refractivity contribution is 5.33. The molecule has 2 rings (SSSR count). The molecule has 0 spiro atoms. The first kappa shape index (κ1) is 16.0. The molecule has 0 fully saturated rings. The predicted octanol–water partition coefficient (Wildman–Crippen LogP) is 4.91. The van der Waals surface area contributed by atoms with Crippen molar-refractivity contribution in [2.45, 2.75) is 32.6 Å². The van der Waals surface area contributed by atoms with E-state index in [2.05, 4.69) is 19.9 Å². The standard InChI is InChI=1S/C19H20FNO/c1-14-8-9-19(11-15(14)2)22-10-4-6-17(13-21)16-5-3-7-18(20)12-16/h3,5,7-9,11-12,17H,4,6,10H2,1-2H3. The molecule has 114 valence electrons. The van der Waals surface area contributed by atoms with E-state index in [0.717, 1.165) is 17.7 Å². The summed E-state index contributed by atoms with van der Waals surface area (Å²) in [6.45, 7) is 4.67. The van der Waals surface area contributed by atoms with Gasteiger partial charge in [-0.15, -0.1) is 0 Å². The highest BCUT2D eigenvalue weighted by Gasteiger charge is 2.11. The number of ether oxygens (including phenoxy) is 1. The molecule has 3 heteroatoms. The minimum Gasteiger partial charge on any atom is -0.494 e. The monoisotopic (exact) mass is 297 g/mol. The molecule has 0 radical (unpaired) electrons. The first-order valence-corrected chi connectivity index (χ1v) is 7.45. The van der Waals surface area contributed by atoms with Gasteiger partial charge in [0.25, 0.3) is 0 Å². The summed E-state index contributed by atoms with van der Waals surface area (Å²) >= 11 is 0. The molecule has 22 heavy (non-hydrogen) atoms. The summed E-state index contributed by atoms with van der Waals surface area (Å²) in [6.07, 6.45) is 1.41. The molecule has 2 aromatic rings. The normalized spacial score (nSPS) is 11.7. The fourth-order valence-electron chi connectivity index (χ4n) is 2.31. The lowest BCUT2D eigenvalue weighted by Gasteiger charge is -2.11. The summed E-state index contributed by atoms with van der Waals surface area (Å²) in [4.78, 5) is 0. The van der Waals surface area contributed by atoms with Gasteiger partial charge in [-0.25, -0.2) is 4.39 Å². The van der Waals surface area contributed by atoms with Crippen LogP contribution in [0.4, 0.5) is 4.39 Å². The Bertz CT molecular complexity index is 675. The molecule has 0 heterocycles. The first-order chi connectivity index (χ1) is 10.6. The van der Waals surface area contributed by atoms with Crippen molar-refractivity contribution >= 4 is 0 Å². The van der Waals surface area contributed by atoms with Gasteiger partial charge in [0.2, 0.25) is 0 Å². The lowest BCUT2D eigenvalue weighted by atomic mass is 9.96. The van der Waals surface area contributed by atoms with Gasteiger partial charge in [0.1, 0.15) is 11.6 Å². The van der Waals surface area contributed by atoms with E-state index in [0.29, 0.717) is 13.0 Å². The van der Waals surface area contributed by atoms with E-state index in [9.17, 15) is 9.65 Å². The van der Waals surface area contributed by atoms with Crippen LogP contribution in [0.1, 0.15) is 35.4 Å². The number of halogens is 1. The summed E-state index contributed by atoms with van der Waals surface area (Å²) in [6, 6.07) is 14.5. The van der Waals surface area contributed by atoms with Crippen LogP contribution < -0.4 is 4.74 Å². The minimum atomic E-state index is -0.302. The molecule has 0 saturated heterocycles. The molecule has 0 aliphatic carbocycles. The third kappa shape index (κ3) is 4.33. The van der Waals surface area contributed by atoms with Crippen LogP contribution >= 0.6 is 0 Å². The zero-order chi connectivity index (χ0) is 15.9. The Balaban J connectivity index is 1.84. The zero-order valence-corrected chi connectivity index (χ0v) is 13.0. The molecular formula is C19H20FNO. The highest BCUT2D eigenvalue weighted by atomic mass is 19.1. The topological polar surface area (TPSA) is 33.0 Å². The molecule has 1 atom stereocenters. The van der Waals surface area contributed by atoms with Gasteiger partial charge >= 0.3 is 0 Å². The average molecular weight is 297 g/mol. The van der Waals surface area contributed by atoms with Crippen LogP contribution in [0.15, 0.2) is 42.5 Å². The summed E-state index contributed by atoms with van der Waals surface area (Å²) in [5, 5.41) is 9.24. The van der Waals surface area contributed by atoms with Crippen molar-refractivity contribution in [3.63, 3.8) is 0 Å². The van der Waals surface area contributed by atoms with E-state index in [1.165, 1.54) is 23.3 Å². The Hall–Kier alpha value is -2.34. The van der Waals surface area contributed by atoms with Gasteiger partial charge in [-0.1, -0.05) is 18.2 Å². The maximum atomic E-state index is 13.2. The molecule has 0 aliphatic rings. The summed E-state index contributed by atoms with van der Waals surface area (Å²) < 4.78 is 18.9. The predicted molar refractivity (Wildman–Crippen MR) is 85.4 cm³/mol. The molecule has 2 aromatic carbocycles. The van der Waals surface area contributed by atoms with E-state index in [-0.39, 0.29) is 11.7 Å². The molecule has 0 bridgehead atoms. The highest BCUT2D eigenvalue weighted by Crippen LogP contribution is 2.22. The SMILES string of the molecule is Cc1ccc(OCCCC(C#N)c2cccc(F)c2)cc1C. The van der Waals surface area contributed by atoms with Crippen LogP contribution in [0.25, 0.3) is 0 Å². The van der Waals surface area contributed by atoms with Crippen molar-refractivity contribution in [1.29, 1.82) is 5.26 Å². The Morgan fingerprint density at radius 1 is 1.14 bits per heavy atom. The molecule has 0 amide bonds.